The summed E-state index contributed by atoms with van der Waals surface area (Å²) in [7, 11) is 0. The molecule has 1 N–H and O–H groups in total. The summed E-state index contributed by atoms with van der Waals surface area (Å²) in [5.74, 6) is 0.0828. The smallest absolute Gasteiger partial charge is 0.276 e. The molecule has 3 aliphatic rings. The minimum atomic E-state index is 0. The molecule has 1 amide bonds. The highest BCUT2D eigenvalue weighted by Gasteiger charge is 2.34. The molecule has 0 aliphatic carbocycles. The van der Waals surface area contributed by atoms with Gasteiger partial charge in [-0.3, -0.25) is 4.79 Å². The number of amides is 1. The molecule has 3 fully saturated rings. The van der Waals surface area contributed by atoms with Crippen molar-refractivity contribution < 1.29 is 4.79 Å². The Bertz CT molecular complexity index is 613. The van der Waals surface area contributed by atoms with Crippen LogP contribution in [0.5, 0.6) is 0 Å². The number of nitrogens with one attached hydrogen (secondary N) is 1. The number of halogens is 2. The fraction of sp³-hybridized carbons (Fsp3) is 0.833. The number of rotatable bonds is 4. The lowest BCUT2D eigenvalue weighted by Crippen LogP contribution is -2.43. The average molecular weight is 419 g/mol. The van der Waals surface area contributed by atoms with Crippen molar-refractivity contribution in [1.82, 2.24) is 30.1 Å². The first-order valence-electron chi connectivity index (χ1n) is 9.90. The van der Waals surface area contributed by atoms with Gasteiger partial charge < -0.3 is 15.1 Å². The van der Waals surface area contributed by atoms with Crippen molar-refractivity contribution in [3.63, 3.8) is 0 Å². The average Bonchev–Trinajstić information content (AvgIpc) is 3.37. The van der Waals surface area contributed by atoms with Crippen molar-refractivity contribution in [2.24, 2.45) is 0 Å². The van der Waals surface area contributed by atoms with Gasteiger partial charge in [-0.25, -0.2) is 4.68 Å². The summed E-state index contributed by atoms with van der Waals surface area (Å²) in [6.45, 7) is 8.27. The molecule has 0 saturated carbocycles. The Kier molecular flexibility index (Phi) is 8.34. The lowest BCUT2D eigenvalue weighted by Gasteiger charge is -2.28. The third-order valence-corrected chi connectivity index (χ3v) is 6.09. The number of carbonyl (C=O) groups excluding carboxylic acids is 1. The molecule has 3 saturated heterocycles. The molecular weight excluding hydrogens is 387 g/mol. The Morgan fingerprint density at radius 1 is 1.07 bits per heavy atom. The maximum Gasteiger partial charge on any atom is 0.276 e. The zero-order valence-corrected chi connectivity index (χ0v) is 17.7. The normalized spacial score (nSPS) is 23.9. The zero-order valence-electron chi connectivity index (χ0n) is 16.1. The Labute approximate surface area is 174 Å². The molecule has 4 rings (SSSR count). The van der Waals surface area contributed by atoms with Gasteiger partial charge in [-0.15, -0.1) is 29.9 Å². The van der Waals surface area contributed by atoms with Crippen molar-refractivity contribution in [2.75, 3.05) is 39.3 Å². The van der Waals surface area contributed by atoms with Gasteiger partial charge in [0.25, 0.3) is 5.91 Å². The Hall–Kier alpha value is -0.890. The van der Waals surface area contributed by atoms with Gasteiger partial charge in [-0.1, -0.05) is 5.21 Å². The molecule has 27 heavy (non-hydrogen) atoms. The molecule has 0 spiro atoms. The number of aromatic nitrogens is 3. The molecule has 0 bridgehead atoms. The summed E-state index contributed by atoms with van der Waals surface area (Å²) >= 11 is 0. The molecule has 3 aliphatic heterocycles. The summed E-state index contributed by atoms with van der Waals surface area (Å²) in [6, 6.07) is 0.711. The van der Waals surface area contributed by atoms with E-state index in [0.29, 0.717) is 17.8 Å². The van der Waals surface area contributed by atoms with Crippen molar-refractivity contribution in [3.05, 3.63) is 11.4 Å². The van der Waals surface area contributed by atoms with Crippen molar-refractivity contribution in [3.8, 4) is 0 Å². The van der Waals surface area contributed by atoms with Gasteiger partial charge in [0, 0.05) is 19.1 Å². The highest BCUT2D eigenvalue weighted by Crippen LogP contribution is 2.25. The second kappa shape index (κ2) is 10.0. The van der Waals surface area contributed by atoms with Crippen LogP contribution in [0.25, 0.3) is 0 Å². The van der Waals surface area contributed by atoms with Gasteiger partial charge in [0.05, 0.1) is 11.7 Å². The van der Waals surface area contributed by atoms with Crippen LogP contribution in [0.15, 0.2) is 0 Å². The first-order chi connectivity index (χ1) is 12.2. The van der Waals surface area contributed by atoms with Crippen molar-refractivity contribution in [2.45, 2.75) is 57.5 Å². The molecular formula is C18H32Cl2N6O. The molecule has 1 unspecified atom stereocenters. The molecule has 4 heterocycles. The third kappa shape index (κ3) is 4.75. The summed E-state index contributed by atoms with van der Waals surface area (Å²) < 4.78 is 1.99. The molecule has 154 valence electrons. The first kappa shape index (κ1) is 22.4. The minimum absolute atomic E-state index is 0. The van der Waals surface area contributed by atoms with Gasteiger partial charge in [-0.05, 0) is 71.6 Å². The van der Waals surface area contributed by atoms with Gasteiger partial charge in [0.1, 0.15) is 0 Å². The first-order valence-corrected chi connectivity index (χ1v) is 9.90. The fourth-order valence-electron chi connectivity index (χ4n) is 4.63. The summed E-state index contributed by atoms with van der Waals surface area (Å²) in [5.41, 5.74) is 1.50. The predicted octanol–water partition coefficient (Wildman–Crippen LogP) is 2.06. The Morgan fingerprint density at radius 3 is 2.48 bits per heavy atom. The third-order valence-electron chi connectivity index (χ3n) is 6.09. The SMILES string of the molecule is Cc1c(C(=O)N2CCCC2CN2CCCC2)nnn1C1CCNCC1.Cl.Cl. The van der Waals surface area contributed by atoms with Crippen LogP contribution in [0.3, 0.4) is 0 Å². The van der Waals surface area contributed by atoms with Crippen LogP contribution in [0.4, 0.5) is 0 Å². The molecule has 0 aromatic carbocycles. The van der Waals surface area contributed by atoms with E-state index >= 15 is 0 Å². The standard InChI is InChI=1S/C18H30N6O.2ClH/c1-14-17(20-21-24(14)15-6-8-19-9-7-15)18(25)23-12-4-5-16(23)13-22-10-2-3-11-22;;/h15-16,19H,2-13H2,1H3;2*1H. The largest absolute Gasteiger partial charge is 0.333 e. The monoisotopic (exact) mass is 418 g/mol. The van der Waals surface area contributed by atoms with Crippen LogP contribution in [0.2, 0.25) is 0 Å². The Morgan fingerprint density at radius 2 is 1.78 bits per heavy atom. The molecule has 0 radical (unpaired) electrons. The van der Waals surface area contributed by atoms with E-state index in [1.165, 1.54) is 25.9 Å². The van der Waals surface area contributed by atoms with E-state index < -0.39 is 0 Å². The van der Waals surface area contributed by atoms with E-state index in [1.807, 2.05) is 11.6 Å². The highest BCUT2D eigenvalue weighted by atomic mass is 35.5. The predicted molar refractivity (Wildman–Crippen MR) is 110 cm³/mol. The lowest BCUT2D eigenvalue weighted by molar-refractivity contribution is 0.0702. The van der Waals surface area contributed by atoms with E-state index in [2.05, 4.69) is 25.4 Å². The number of hydrogen-bond donors (Lipinski definition) is 1. The van der Waals surface area contributed by atoms with Crippen LogP contribution < -0.4 is 5.32 Å². The van der Waals surface area contributed by atoms with E-state index in [1.54, 1.807) is 0 Å². The van der Waals surface area contributed by atoms with Crippen LogP contribution in [0, 0.1) is 6.92 Å². The van der Waals surface area contributed by atoms with Crippen LogP contribution in [-0.4, -0.2) is 76.0 Å². The lowest BCUT2D eigenvalue weighted by atomic mass is 10.1. The molecule has 7 nitrogen and oxygen atoms in total. The van der Waals surface area contributed by atoms with Crippen molar-refractivity contribution >= 4 is 30.7 Å². The van der Waals surface area contributed by atoms with Crippen LogP contribution >= 0.6 is 24.8 Å². The van der Waals surface area contributed by atoms with Gasteiger partial charge >= 0.3 is 0 Å². The van der Waals surface area contributed by atoms with Gasteiger partial charge in [0.15, 0.2) is 5.69 Å². The van der Waals surface area contributed by atoms with Crippen LogP contribution in [-0.2, 0) is 0 Å². The summed E-state index contributed by atoms with van der Waals surface area (Å²) in [6.07, 6.45) is 6.92. The van der Waals surface area contributed by atoms with E-state index in [0.717, 1.165) is 57.6 Å². The topological polar surface area (TPSA) is 66.3 Å². The number of likely N-dealkylation sites (tertiary alicyclic amines) is 2. The zero-order chi connectivity index (χ0) is 17.2. The second-order valence-electron chi connectivity index (χ2n) is 7.75. The number of piperidine rings is 1. The Balaban J connectivity index is 0.00000131. The molecule has 1 aromatic rings. The van der Waals surface area contributed by atoms with E-state index in [-0.39, 0.29) is 30.7 Å². The van der Waals surface area contributed by atoms with Crippen LogP contribution in [0.1, 0.15) is 60.7 Å². The summed E-state index contributed by atoms with van der Waals surface area (Å²) in [4.78, 5) is 17.7. The quantitative estimate of drug-likeness (QED) is 0.810. The van der Waals surface area contributed by atoms with Gasteiger partial charge in [-0.2, -0.15) is 0 Å². The van der Waals surface area contributed by atoms with Gasteiger partial charge in [0.2, 0.25) is 0 Å². The second-order valence-corrected chi connectivity index (χ2v) is 7.75. The number of hydrogen-bond acceptors (Lipinski definition) is 5. The molecule has 1 aromatic heterocycles. The molecule has 1 atom stereocenters. The maximum absolute atomic E-state index is 13.1. The summed E-state index contributed by atoms with van der Waals surface area (Å²) in [5, 5.41) is 12.0. The van der Waals surface area contributed by atoms with E-state index in [9.17, 15) is 4.79 Å². The fourth-order valence-corrected chi connectivity index (χ4v) is 4.63. The number of nitrogens with zero attached hydrogens (tertiary/aromatic N) is 5. The van der Waals surface area contributed by atoms with E-state index in [4.69, 9.17) is 0 Å². The minimum Gasteiger partial charge on any atom is -0.333 e. The highest BCUT2D eigenvalue weighted by molar-refractivity contribution is 5.93. The number of carbonyl (C=O) groups is 1. The van der Waals surface area contributed by atoms with Crippen molar-refractivity contribution in [1.29, 1.82) is 0 Å². The molecule has 9 heteroatoms. The maximum atomic E-state index is 13.1.